The molecule has 0 radical (unpaired) electrons. The summed E-state index contributed by atoms with van der Waals surface area (Å²) in [6, 6.07) is 0. The summed E-state index contributed by atoms with van der Waals surface area (Å²) in [5.41, 5.74) is 0. The molecule has 0 unspecified atom stereocenters. The van der Waals surface area contributed by atoms with Crippen LogP contribution in [0.4, 0.5) is 0 Å². The Balaban J connectivity index is -0.00000000432. The van der Waals surface area contributed by atoms with Gasteiger partial charge in [0.15, 0.2) is 0 Å². The molecule has 0 N–H and O–H groups in total. The topological polar surface area (TPSA) is 0 Å². The maximum absolute atomic E-state index is 2.18. The van der Waals surface area contributed by atoms with Crippen LogP contribution in [-0.4, -0.2) is 0 Å². The van der Waals surface area contributed by atoms with Crippen molar-refractivity contribution in [2.75, 3.05) is 0 Å². The van der Waals surface area contributed by atoms with E-state index in [2.05, 4.69) is 13.8 Å². The van der Waals surface area contributed by atoms with Crippen molar-refractivity contribution in [3.63, 3.8) is 0 Å². The maximum atomic E-state index is 2.18. The number of rotatable bonds is 1. The third-order valence-corrected chi connectivity index (χ3v) is 0.500. The van der Waals surface area contributed by atoms with Gasteiger partial charge in [0.1, 0.15) is 0 Å². The lowest BCUT2D eigenvalue weighted by Gasteiger charge is -1.68. The fourth-order valence-electron chi connectivity index (χ4n) is 0. The molecule has 0 spiro atoms. The SMILES string of the molecule is C.C.C.C.C.CC.CCCC. The Bertz CT molecular complexity index is 2.00. The third-order valence-electron chi connectivity index (χ3n) is 0.500. The van der Waals surface area contributed by atoms with E-state index in [1.54, 1.807) is 0 Å². The van der Waals surface area contributed by atoms with Crippen LogP contribution < -0.4 is 0 Å². The Labute approximate surface area is 78.4 Å². The molecule has 0 nitrogen and oxygen atoms in total. The van der Waals surface area contributed by atoms with E-state index < -0.39 is 0 Å². The summed E-state index contributed by atoms with van der Waals surface area (Å²) < 4.78 is 0. The van der Waals surface area contributed by atoms with Gasteiger partial charge in [-0.15, -0.1) is 0 Å². The minimum absolute atomic E-state index is 0. The van der Waals surface area contributed by atoms with Crippen molar-refractivity contribution in [3.8, 4) is 0 Å². The van der Waals surface area contributed by atoms with E-state index in [4.69, 9.17) is 0 Å². The first-order valence-electron chi connectivity index (χ1n) is 2.91. The van der Waals surface area contributed by atoms with Crippen molar-refractivity contribution in [1.82, 2.24) is 0 Å². The fourth-order valence-corrected chi connectivity index (χ4v) is 0. The van der Waals surface area contributed by atoms with Crippen molar-refractivity contribution >= 4 is 0 Å². The first kappa shape index (κ1) is 68.8. The molecule has 0 bridgehead atoms. The molecule has 0 aromatic heterocycles. The van der Waals surface area contributed by atoms with Gasteiger partial charge >= 0.3 is 0 Å². The molecule has 0 aromatic rings. The van der Waals surface area contributed by atoms with Crippen LogP contribution in [0.15, 0.2) is 0 Å². The van der Waals surface area contributed by atoms with Gasteiger partial charge in [-0.05, 0) is 0 Å². The highest BCUT2D eigenvalue weighted by atomic mass is 13.6. The second-order valence-electron chi connectivity index (χ2n) is 1.000. The molecule has 0 aliphatic heterocycles. The Morgan fingerprint density at radius 2 is 0.636 bits per heavy atom. The Kier molecular flexibility index (Phi) is 1270. The van der Waals surface area contributed by atoms with Crippen LogP contribution in [0.2, 0.25) is 0 Å². The average molecular weight is 168 g/mol. The molecule has 0 rings (SSSR count). The van der Waals surface area contributed by atoms with E-state index in [9.17, 15) is 0 Å². The van der Waals surface area contributed by atoms with Gasteiger partial charge in [-0.1, -0.05) is 77.7 Å². The molecule has 0 saturated carbocycles. The molecule has 0 aliphatic carbocycles. The Hall–Kier alpha value is 0. The highest BCUT2D eigenvalue weighted by Gasteiger charge is 1.56. The van der Waals surface area contributed by atoms with Gasteiger partial charge in [0.2, 0.25) is 0 Å². The average Bonchev–Trinajstić information content (AvgIpc) is 1.72. The lowest BCUT2D eigenvalue weighted by molar-refractivity contribution is 0.886. The van der Waals surface area contributed by atoms with E-state index >= 15 is 0 Å². The van der Waals surface area contributed by atoms with Crippen molar-refractivity contribution in [2.24, 2.45) is 0 Å². The largest absolute Gasteiger partial charge is 0.0776 e. The van der Waals surface area contributed by atoms with Crippen molar-refractivity contribution in [3.05, 3.63) is 0 Å². The molecule has 80 valence electrons. The molecule has 0 heterocycles. The van der Waals surface area contributed by atoms with Gasteiger partial charge in [0.05, 0.1) is 0 Å². The summed E-state index contributed by atoms with van der Waals surface area (Å²) in [7, 11) is 0. The molecule has 11 heavy (non-hydrogen) atoms. The van der Waals surface area contributed by atoms with Crippen LogP contribution in [-0.2, 0) is 0 Å². The van der Waals surface area contributed by atoms with Gasteiger partial charge in [-0.25, -0.2) is 0 Å². The summed E-state index contributed by atoms with van der Waals surface area (Å²) in [5, 5.41) is 0. The zero-order chi connectivity index (χ0) is 5.41. The molecule has 0 fully saturated rings. The number of hydrogen-bond donors (Lipinski definition) is 0. The van der Waals surface area contributed by atoms with E-state index in [1.165, 1.54) is 12.8 Å². The van der Waals surface area contributed by atoms with Crippen molar-refractivity contribution < 1.29 is 0 Å². The smallest absolute Gasteiger partial charge is 0.0564 e. The fraction of sp³-hybridized carbons (Fsp3) is 1.00. The summed E-state index contributed by atoms with van der Waals surface area (Å²) in [6.07, 6.45) is 2.64. The summed E-state index contributed by atoms with van der Waals surface area (Å²) >= 11 is 0. The highest BCUT2D eigenvalue weighted by molar-refractivity contribution is 4.12. The van der Waals surface area contributed by atoms with E-state index in [1.807, 2.05) is 13.8 Å². The molecule has 0 saturated heterocycles. The predicted molar refractivity (Wildman–Crippen MR) is 65.6 cm³/mol. The molecule has 0 amide bonds. The van der Waals surface area contributed by atoms with Gasteiger partial charge < -0.3 is 0 Å². The minimum Gasteiger partial charge on any atom is -0.0776 e. The van der Waals surface area contributed by atoms with E-state index in [0.717, 1.165) is 0 Å². The van der Waals surface area contributed by atoms with Crippen LogP contribution >= 0.6 is 0 Å². The van der Waals surface area contributed by atoms with Crippen molar-refractivity contribution in [2.45, 2.75) is 77.7 Å². The molecular weight excluding hydrogens is 132 g/mol. The summed E-state index contributed by atoms with van der Waals surface area (Å²) in [5.74, 6) is 0. The van der Waals surface area contributed by atoms with E-state index in [-0.39, 0.29) is 37.1 Å². The van der Waals surface area contributed by atoms with Gasteiger partial charge in [-0.3, -0.25) is 0 Å². The van der Waals surface area contributed by atoms with Crippen LogP contribution in [0.3, 0.4) is 0 Å². The lowest BCUT2D eigenvalue weighted by Crippen LogP contribution is -1.47. The Morgan fingerprint density at radius 3 is 0.636 bits per heavy atom. The standard InChI is InChI=1S/C4H10.C2H6.5CH4/c1-3-4-2;1-2;;;;;/h3-4H2,1-2H3;1-2H3;5*1H4. The number of hydrogen-bond acceptors (Lipinski definition) is 0. The first-order chi connectivity index (χ1) is 2.91. The number of unbranched alkanes of at least 4 members (excludes halogenated alkanes) is 1. The monoisotopic (exact) mass is 168 g/mol. The molecule has 0 aromatic carbocycles. The molecule has 0 atom stereocenters. The van der Waals surface area contributed by atoms with Crippen molar-refractivity contribution in [1.29, 1.82) is 0 Å². The molecule has 0 heteroatoms. The first-order valence-corrected chi connectivity index (χ1v) is 2.91. The van der Waals surface area contributed by atoms with Crippen LogP contribution in [0, 0.1) is 0 Å². The Morgan fingerprint density at radius 1 is 0.545 bits per heavy atom. The van der Waals surface area contributed by atoms with E-state index in [0.29, 0.717) is 0 Å². The van der Waals surface area contributed by atoms with Crippen LogP contribution in [0.5, 0.6) is 0 Å². The summed E-state index contributed by atoms with van der Waals surface area (Å²) in [6.45, 7) is 8.36. The van der Waals surface area contributed by atoms with Crippen LogP contribution in [0.1, 0.15) is 77.7 Å². The molecule has 0 aliphatic rings. The summed E-state index contributed by atoms with van der Waals surface area (Å²) in [4.78, 5) is 0. The van der Waals surface area contributed by atoms with Crippen LogP contribution in [0.25, 0.3) is 0 Å². The quantitative estimate of drug-likeness (QED) is 0.449. The maximum Gasteiger partial charge on any atom is -0.0564 e. The normalized spacial score (nSPS) is 3.27. The van der Waals surface area contributed by atoms with Gasteiger partial charge in [0, 0.05) is 0 Å². The third kappa shape index (κ3) is 640. The van der Waals surface area contributed by atoms with Gasteiger partial charge in [0.25, 0.3) is 0 Å². The second-order valence-corrected chi connectivity index (χ2v) is 1.000. The van der Waals surface area contributed by atoms with Gasteiger partial charge in [-0.2, -0.15) is 0 Å². The minimum atomic E-state index is 0. The highest BCUT2D eigenvalue weighted by Crippen LogP contribution is 1.76. The zero-order valence-electron chi connectivity index (χ0n) is 5.41. The second kappa shape index (κ2) is 202. The predicted octanol–water partition coefficient (Wildman–Crippen LogP) is 6.01. The zero-order valence-corrected chi connectivity index (χ0v) is 5.41. The lowest BCUT2D eigenvalue weighted by atomic mass is 10.4. The molecular formula is C11H36.